The first-order valence-electron chi connectivity index (χ1n) is 6.37. The minimum atomic E-state index is -0.240. The third-order valence-corrected chi connectivity index (χ3v) is 4.38. The summed E-state index contributed by atoms with van der Waals surface area (Å²) in [5.74, 6) is -0.240. The fourth-order valence-electron chi connectivity index (χ4n) is 2.11. The molecule has 0 amide bonds. The van der Waals surface area contributed by atoms with Crippen LogP contribution in [-0.2, 0) is 6.54 Å². The number of nitrogens with zero attached hydrogens (tertiary/aromatic N) is 1. The molecule has 0 heterocycles. The highest BCUT2D eigenvalue weighted by atomic mass is 79.9. The molecular weight excluding hydrogens is 341 g/mol. The van der Waals surface area contributed by atoms with E-state index in [9.17, 15) is 4.39 Å². The van der Waals surface area contributed by atoms with Crippen LogP contribution in [0.2, 0.25) is 5.02 Å². The highest BCUT2D eigenvalue weighted by molar-refractivity contribution is 9.10. The Balaban J connectivity index is 2.13. The second kappa shape index (κ2) is 6.70. The zero-order valence-corrected chi connectivity index (χ0v) is 13.7. The van der Waals surface area contributed by atoms with Crippen molar-refractivity contribution in [1.29, 1.82) is 0 Å². The molecule has 0 spiro atoms. The maximum absolute atomic E-state index is 13.2. The molecule has 0 aromatic heterocycles. The normalized spacial score (nSPS) is 12.7. The summed E-state index contributed by atoms with van der Waals surface area (Å²) in [5, 5.41) is 0.770. The molecule has 0 bridgehead atoms. The Morgan fingerprint density at radius 3 is 2.60 bits per heavy atom. The van der Waals surface area contributed by atoms with E-state index < -0.39 is 0 Å². The van der Waals surface area contributed by atoms with Gasteiger partial charge >= 0.3 is 0 Å². The minimum absolute atomic E-state index is 0.188. The Morgan fingerprint density at radius 1 is 1.25 bits per heavy atom. The average Bonchev–Trinajstić information content (AvgIpc) is 2.42. The second-order valence-electron chi connectivity index (χ2n) is 4.86. The quantitative estimate of drug-likeness (QED) is 0.705. The second-order valence-corrected chi connectivity index (χ2v) is 6.12. The highest BCUT2D eigenvalue weighted by Gasteiger charge is 2.15. The lowest BCUT2D eigenvalue weighted by atomic mass is 10.1. The molecule has 0 aliphatic rings. The largest absolute Gasteiger partial charge is 0.295 e. The topological polar surface area (TPSA) is 3.24 Å². The van der Waals surface area contributed by atoms with Gasteiger partial charge in [-0.05, 0) is 59.2 Å². The lowest BCUT2D eigenvalue weighted by Crippen LogP contribution is -2.22. The number of rotatable bonds is 4. The summed E-state index contributed by atoms with van der Waals surface area (Å²) in [7, 11) is 2.03. The molecule has 2 aromatic carbocycles. The Morgan fingerprint density at radius 2 is 1.95 bits per heavy atom. The molecule has 2 aromatic rings. The number of hydrogen-bond donors (Lipinski definition) is 0. The molecule has 0 N–H and O–H groups in total. The SMILES string of the molecule is CC(c1ccccc1Cl)N(C)Cc1ccc(F)c(Br)c1. The molecule has 2 rings (SSSR count). The van der Waals surface area contributed by atoms with Crippen molar-refractivity contribution in [2.24, 2.45) is 0 Å². The van der Waals surface area contributed by atoms with E-state index in [0.29, 0.717) is 4.47 Å². The van der Waals surface area contributed by atoms with Gasteiger partial charge in [0.05, 0.1) is 4.47 Å². The number of benzene rings is 2. The van der Waals surface area contributed by atoms with Gasteiger partial charge in [0, 0.05) is 17.6 Å². The van der Waals surface area contributed by atoms with Crippen LogP contribution in [0.25, 0.3) is 0 Å². The monoisotopic (exact) mass is 355 g/mol. The van der Waals surface area contributed by atoms with Crippen LogP contribution in [0.1, 0.15) is 24.1 Å². The molecule has 1 nitrogen and oxygen atoms in total. The Bertz CT molecular complexity index is 603. The summed E-state index contributed by atoms with van der Waals surface area (Å²) < 4.78 is 13.7. The van der Waals surface area contributed by atoms with Crippen LogP contribution in [0.5, 0.6) is 0 Å². The van der Waals surface area contributed by atoms with Gasteiger partial charge in [0.1, 0.15) is 5.82 Å². The zero-order valence-electron chi connectivity index (χ0n) is 11.4. The van der Waals surface area contributed by atoms with Crippen molar-refractivity contribution in [2.45, 2.75) is 19.5 Å². The van der Waals surface area contributed by atoms with Gasteiger partial charge in [-0.25, -0.2) is 4.39 Å². The first-order valence-corrected chi connectivity index (χ1v) is 7.54. The number of halogens is 3. The average molecular weight is 357 g/mol. The van der Waals surface area contributed by atoms with E-state index in [1.165, 1.54) is 6.07 Å². The standard InChI is InChI=1S/C16H16BrClFN/c1-11(13-5-3-4-6-15(13)18)20(2)10-12-7-8-16(19)14(17)9-12/h3-9,11H,10H2,1-2H3. The summed E-state index contributed by atoms with van der Waals surface area (Å²) in [6.45, 7) is 2.84. The van der Waals surface area contributed by atoms with E-state index in [4.69, 9.17) is 11.6 Å². The van der Waals surface area contributed by atoms with E-state index in [-0.39, 0.29) is 11.9 Å². The molecule has 106 valence electrons. The van der Waals surface area contributed by atoms with Crippen molar-refractivity contribution < 1.29 is 4.39 Å². The van der Waals surface area contributed by atoms with Crippen LogP contribution in [0.3, 0.4) is 0 Å². The highest BCUT2D eigenvalue weighted by Crippen LogP contribution is 2.27. The van der Waals surface area contributed by atoms with Crippen molar-refractivity contribution in [1.82, 2.24) is 4.90 Å². The molecule has 1 unspecified atom stereocenters. The van der Waals surface area contributed by atoms with Crippen LogP contribution < -0.4 is 0 Å². The Kier molecular flexibility index (Phi) is 5.19. The van der Waals surface area contributed by atoms with Gasteiger partial charge < -0.3 is 0 Å². The predicted molar refractivity (Wildman–Crippen MR) is 85.4 cm³/mol. The smallest absolute Gasteiger partial charge is 0.137 e. The third-order valence-electron chi connectivity index (χ3n) is 3.43. The summed E-state index contributed by atoms with van der Waals surface area (Å²) in [5.41, 5.74) is 2.15. The maximum Gasteiger partial charge on any atom is 0.137 e. The fourth-order valence-corrected chi connectivity index (χ4v) is 2.83. The van der Waals surface area contributed by atoms with Gasteiger partial charge in [0.2, 0.25) is 0 Å². The van der Waals surface area contributed by atoms with E-state index in [2.05, 4.69) is 27.8 Å². The Hall–Kier alpha value is -0.900. The molecule has 1 atom stereocenters. The van der Waals surface area contributed by atoms with Gasteiger partial charge in [-0.3, -0.25) is 4.90 Å². The molecule has 4 heteroatoms. The Labute approximate surface area is 132 Å². The van der Waals surface area contributed by atoms with Crippen molar-refractivity contribution in [3.8, 4) is 0 Å². The summed E-state index contributed by atoms with van der Waals surface area (Å²) in [6, 6.07) is 13.1. The van der Waals surface area contributed by atoms with Crippen LogP contribution in [-0.4, -0.2) is 11.9 Å². The lowest BCUT2D eigenvalue weighted by Gasteiger charge is -2.26. The van der Waals surface area contributed by atoms with Crippen LogP contribution >= 0.6 is 27.5 Å². The summed E-state index contributed by atoms with van der Waals surface area (Å²) in [6.07, 6.45) is 0. The van der Waals surface area contributed by atoms with Crippen molar-refractivity contribution >= 4 is 27.5 Å². The molecule has 0 saturated carbocycles. The van der Waals surface area contributed by atoms with Gasteiger partial charge in [0.15, 0.2) is 0 Å². The first-order chi connectivity index (χ1) is 9.49. The van der Waals surface area contributed by atoms with Gasteiger partial charge in [0.25, 0.3) is 0 Å². The summed E-state index contributed by atoms with van der Waals surface area (Å²) >= 11 is 9.44. The third kappa shape index (κ3) is 3.60. The van der Waals surface area contributed by atoms with Gasteiger partial charge in [-0.1, -0.05) is 35.9 Å². The first kappa shape index (κ1) is 15.5. The molecule has 0 fully saturated rings. The van der Waals surface area contributed by atoms with E-state index in [1.54, 1.807) is 6.07 Å². The van der Waals surface area contributed by atoms with Gasteiger partial charge in [-0.15, -0.1) is 0 Å². The van der Waals surface area contributed by atoms with Crippen LogP contribution in [0.4, 0.5) is 4.39 Å². The molecular formula is C16H16BrClFN. The van der Waals surface area contributed by atoms with E-state index in [1.807, 2.05) is 37.4 Å². The molecule has 0 aliphatic carbocycles. The lowest BCUT2D eigenvalue weighted by molar-refractivity contribution is 0.253. The van der Waals surface area contributed by atoms with Crippen LogP contribution in [0, 0.1) is 5.82 Å². The zero-order chi connectivity index (χ0) is 14.7. The van der Waals surface area contributed by atoms with E-state index in [0.717, 1.165) is 22.7 Å². The molecule has 20 heavy (non-hydrogen) atoms. The van der Waals surface area contributed by atoms with Crippen molar-refractivity contribution in [2.75, 3.05) is 7.05 Å². The van der Waals surface area contributed by atoms with Crippen molar-refractivity contribution in [3.63, 3.8) is 0 Å². The summed E-state index contributed by atoms with van der Waals surface area (Å²) in [4.78, 5) is 2.18. The number of hydrogen-bond acceptors (Lipinski definition) is 1. The molecule has 0 saturated heterocycles. The van der Waals surface area contributed by atoms with Crippen molar-refractivity contribution in [3.05, 3.63) is 68.9 Å². The fraction of sp³-hybridized carbons (Fsp3) is 0.250. The van der Waals surface area contributed by atoms with E-state index >= 15 is 0 Å². The van der Waals surface area contributed by atoms with Gasteiger partial charge in [-0.2, -0.15) is 0 Å². The predicted octanol–water partition coefficient (Wildman–Crippen LogP) is 5.43. The molecule has 0 aliphatic heterocycles. The molecule has 0 radical (unpaired) electrons. The van der Waals surface area contributed by atoms with Crippen LogP contribution in [0.15, 0.2) is 46.9 Å². The minimum Gasteiger partial charge on any atom is -0.295 e. The maximum atomic E-state index is 13.2.